The second-order valence-corrected chi connectivity index (χ2v) is 5.52. The van der Waals surface area contributed by atoms with Gasteiger partial charge in [-0.2, -0.15) is 5.10 Å². The van der Waals surface area contributed by atoms with Crippen LogP contribution in [0.5, 0.6) is 0 Å². The number of rotatable bonds is 7. The minimum absolute atomic E-state index is 0.596. The molecule has 4 heteroatoms. The second kappa shape index (κ2) is 7.15. The smallest absolute Gasteiger partial charge is 0.0849 e. The summed E-state index contributed by atoms with van der Waals surface area (Å²) in [6.07, 6.45) is 1.90. The Hall–Kier alpha value is -0.540. The molecule has 0 aliphatic heterocycles. The molecule has 0 spiro atoms. The SMILES string of the molecule is CCc1nn(CC)c(CC(CNC)C(C)C)c1Cl. The van der Waals surface area contributed by atoms with E-state index < -0.39 is 0 Å². The molecule has 1 atom stereocenters. The zero-order valence-corrected chi connectivity index (χ0v) is 13.0. The number of aryl methyl sites for hydroxylation is 2. The van der Waals surface area contributed by atoms with Gasteiger partial charge in [0.25, 0.3) is 0 Å². The van der Waals surface area contributed by atoms with Gasteiger partial charge in [0.15, 0.2) is 0 Å². The second-order valence-electron chi connectivity index (χ2n) is 5.14. The molecule has 0 aliphatic rings. The Labute approximate surface area is 116 Å². The molecule has 0 saturated heterocycles. The molecular formula is C14H26ClN3. The van der Waals surface area contributed by atoms with E-state index in [1.165, 1.54) is 5.69 Å². The van der Waals surface area contributed by atoms with Crippen molar-refractivity contribution >= 4 is 11.6 Å². The maximum atomic E-state index is 6.45. The largest absolute Gasteiger partial charge is 0.319 e. The highest BCUT2D eigenvalue weighted by Gasteiger charge is 2.20. The van der Waals surface area contributed by atoms with Crippen LogP contribution in [0, 0.1) is 11.8 Å². The molecule has 0 saturated carbocycles. The third kappa shape index (κ3) is 3.48. The summed E-state index contributed by atoms with van der Waals surface area (Å²) >= 11 is 6.45. The first-order valence-corrected chi connectivity index (χ1v) is 7.31. The van der Waals surface area contributed by atoms with Crippen molar-refractivity contribution in [2.45, 2.75) is 47.1 Å². The molecule has 1 unspecified atom stereocenters. The molecule has 0 fully saturated rings. The molecule has 104 valence electrons. The lowest BCUT2D eigenvalue weighted by molar-refractivity contribution is 0.361. The third-order valence-electron chi connectivity index (χ3n) is 3.56. The summed E-state index contributed by atoms with van der Waals surface area (Å²) in [6, 6.07) is 0. The fourth-order valence-electron chi connectivity index (χ4n) is 2.27. The van der Waals surface area contributed by atoms with Gasteiger partial charge in [-0.05, 0) is 45.2 Å². The summed E-state index contributed by atoms with van der Waals surface area (Å²) in [7, 11) is 2.01. The Morgan fingerprint density at radius 3 is 2.44 bits per heavy atom. The van der Waals surface area contributed by atoms with Gasteiger partial charge >= 0.3 is 0 Å². The standard InChI is InChI=1S/C14H26ClN3/c1-6-12-14(15)13(18(7-2)17-12)8-11(9-16-5)10(3)4/h10-11,16H,6-9H2,1-5H3. The maximum Gasteiger partial charge on any atom is 0.0849 e. The van der Waals surface area contributed by atoms with E-state index in [0.717, 1.165) is 36.6 Å². The van der Waals surface area contributed by atoms with Gasteiger partial charge in [0, 0.05) is 6.54 Å². The average Bonchev–Trinajstić information content (AvgIpc) is 2.65. The van der Waals surface area contributed by atoms with Gasteiger partial charge in [-0.3, -0.25) is 4.68 Å². The van der Waals surface area contributed by atoms with Crippen LogP contribution in [-0.2, 0) is 19.4 Å². The first-order valence-electron chi connectivity index (χ1n) is 6.93. The van der Waals surface area contributed by atoms with Crippen molar-refractivity contribution in [1.82, 2.24) is 15.1 Å². The molecule has 18 heavy (non-hydrogen) atoms. The molecular weight excluding hydrogens is 246 g/mol. The van der Waals surface area contributed by atoms with Crippen LogP contribution >= 0.6 is 11.6 Å². The molecule has 1 rings (SSSR count). The number of hydrogen-bond acceptors (Lipinski definition) is 2. The number of nitrogens with zero attached hydrogens (tertiary/aromatic N) is 2. The highest BCUT2D eigenvalue weighted by atomic mass is 35.5. The number of hydrogen-bond donors (Lipinski definition) is 1. The van der Waals surface area contributed by atoms with Crippen molar-refractivity contribution in [3.63, 3.8) is 0 Å². The lowest BCUT2D eigenvalue weighted by Gasteiger charge is -2.21. The van der Waals surface area contributed by atoms with Gasteiger partial charge in [0.1, 0.15) is 0 Å². The van der Waals surface area contributed by atoms with Crippen LogP contribution in [0.15, 0.2) is 0 Å². The Morgan fingerprint density at radius 2 is 2.00 bits per heavy atom. The number of aromatic nitrogens is 2. The van der Waals surface area contributed by atoms with Crippen molar-refractivity contribution in [2.75, 3.05) is 13.6 Å². The predicted octanol–water partition coefficient (Wildman–Crippen LogP) is 3.15. The van der Waals surface area contributed by atoms with Gasteiger partial charge in [-0.25, -0.2) is 0 Å². The molecule has 0 amide bonds. The maximum absolute atomic E-state index is 6.45. The first kappa shape index (κ1) is 15.5. The quantitative estimate of drug-likeness (QED) is 0.826. The highest BCUT2D eigenvalue weighted by molar-refractivity contribution is 6.31. The lowest BCUT2D eigenvalue weighted by Crippen LogP contribution is -2.26. The summed E-state index contributed by atoms with van der Waals surface area (Å²) < 4.78 is 2.06. The van der Waals surface area contributed by atoms with Crippen LogP contribution in [0.3, 0.4) is 0 Å². The molecule has 1 aromatic rings. The summed E-state index contributed by atoms with van der Waals surface area (Å²) in [5.41, 5.74) is 2.23. The lowest BCUT2D eigenvalue weighted by atomic mass is 9.91. The van der Waals surface area contributed by atoms with E-state index >= 15 is 0 Å². The molecule has 0 bridgehead atoms. The summed E-state index contributed by atoms with van der Waals surface area (Å²) in [5.74, 6) is 1.23. The normalized spacial score (nSPS) is 13.3. The van der Waals surface area contributed by atoms with Gasteiger partial charge in [-0.15, -0.1) is 0 Å². The van der Waals surface area contributed by atoms with Crippen molar-refractivity contribution in [3.05, 3.63) is 16.4 Å². The monoisotopic (exact) mass is 271 g/mol. The molecule has 1 heterocycles. The van der Waals surface area contributed by atoms with E-state index in [2.05, 4.69) is 42.8 Å². The minimum atomic E-state index is 0.596. The van der Waals surface area contributed by atoms with Crippen LogP contribution < -0.4 is 5.32 Å². The number of halogens is 1. The Balaban J connectivity index is 2.96. The molecule has 3 nitrogen and oxygen atoms in total. The van der Waals surface area contributed by atoms with E-state index in [-0.39, 0.29) is 0 Å². The molecule has 0 aromatic carbocycles. The van der Waals surface area contributed by atoms with E-state index in [1.807, 2.05) is 7.05 Å². The third-order valence-corrected chi connectivity index (χ3v) is 4.00. The zero-order chi connectivity index (χ0) is 13.7. The highest BCUT2D eigenvalue weighted by Crippen LogP contribution is 2.26. The zero-order valence-electron chi connectivity index (χ0n) is 12.3. The fraction of sp³-hybridized carbons (Fsp3) is 0.786. The molecule has 0 radical (unpaired) electrons. The van der Waals surface area contributed by atoms with Gasteiger partial charge in [0.05, 0.1) is 16.4 Å². The summed E-state index contributed by atoms with van der Waals surface area (Å²) in [4.78, 5) is 0. The Bertz CT molecular complexity index is 371. The van der Waals surface area contributed by atoms with Crippen LogP contribution in [0.4, 0.5) is 0 Å². The van der Waals surface area contributed by atoms with Crippen LogP contribution in [0.25, 0.3) is 0 Å². The van der Waals surface area contributed by atoms with Crippen molar-refractivity contribution in [1.29, 1.82) is 0 Å². The minimum Gasteiger partial charge on any atom is -0.319 e. The van der Waals surface area contributed by atoms with E-state index in [0.29, 0.717) is 11.8 Å². The van der Waals surface area contributed by atoms with Crippen molar-refractivity contribution < 1.29 is 0 Å². The molecule has 1 aromatic heterocycles. The first-order chi connectivity index (χ1) is 8.54. The summed E-state index contributed by atoms with van der Waals surface area (Å²) in [5, 5.41) is 8.73. The van der Waals surface area contributed by atoms with Crippen molar-refractivity contribution in [2.24, 2.45) is 11.8 Å². The molecule has 0 aliphatic carbocycles. The number of nitrogens with one attached hydrogen (secondary N) is 1. The van der Waals surface area contributed by atoms with Crippen molar-refractivity contribution in [3.8, 4) is 0 Å². The van der Waals surface area contributed by atoms with Crippen LogP contribution in [-0.4, -0.2) is 23.4 Å². The fourth-order valence-corrected chi connectivity index (χ4v) is 2.61. The van der Waals surface area contributed by atoms with E-state index in [9.17, 15) is 0 Å². The Morgan fingerprint density at radius 1 is 1.33 bits per heavy atom. The topological polar surface area (TPSA) is 29.9 Å². The van der Waals surface area contributed by atoms with Gasteiger partial charge in [0.2, 0.25) is 0 Å². The van der Waals surface area contributed by atoms with Gasteiger partial charge < -0.3 is 5.32 Å². The summed E-state index contributed by atoms with van der Waals surface area (Å²) in [6.45, 7) is 10.7. The van der Waals surface area contributed by atoms with Crippen LogP contribution in [0.2, 0.25) is 5.02 Å². The van der Waals surface area contributed by atoms with E-state index in [4.69, 9.17) is 11.6 Å². The van der Waals surface area contributed by atoms with Crippen LogP contribution in [0.1, 0.15) is 39.1 Å². The Kier molecular flexibility index (Phi) is 6.16. The average molecular weight is 272 g/mol. The van der Waals surface area contributed by atoms with E-state index in [1.54, 1.807) is 0 Å². The molecule has 1 N–H and O–H groups in total. The van der Waals surface area contributed by atoms with Gasteiger partial charge in [-0.1, -0.05) is 32.4 Å². The predicted molar refractivity (Wildman–Crippen MR) is 78.2 cm³/mol.